The van der Waals surface area contributed by atoms with Gasteiger partial charge in [-0.15, -0.1) is 0 Å². The van der Waals surface area contributed by atoms with Gasteiger partial charge >= 0.3 is 0 Å². The van der Waals surface area contributed by atoms with Gasteiger partial charge in [0.25, 0.3) is 0 Å². The van der Waals surface area contributed by atoms with Crippen LogP contribution < -0.4 is 0 Å². The molecule has 0 fully saturated rings. The summed E-state index contributed by atoms with van der Waals surface area (Å²) < 4.78 is 11.8. The Hall–Kier alpha value is -7.10. The van der Waals surface area contributed by atoms with Crippen molar-refractivity contribution in [1.29, 1.82) is 0 Å². The highest BCUT2D eigenvalue weighted by Crippen LogP contribution is 2.50. The van der Waals surface area contributed by atoms with Crippen LogP contribution in [0.5, 0.6) is 0 Å². The van der Waals surface area contributed by atoms with E-state index in [0.717, 1.165) is 38.8 Å². The molecule has 0 aliphatic heterocycles. The number of hydrogen-bond acceptors (Lipinski definition) is 1. The van der Waals surface area contributed by atoms with Gasteiger partial charge in [0.1, 0.15) is 5.58 Å². The lowest BCUT2D eigenvalue weighted by molar-refractivity contribution is 0.671. The average molecular weight is 673 g/mol. The fourth-order valence-electron chi connectivity index (χ4n) is 9.57. The topological polar surface area (TPSA) is 23.0 Å². The van der Waals surface area contributed by atoms with Crippen molar-refractivity contribution in [2.45, 2.75) is 0 Å². The van der Waals surface area contributed by atoms with E-state index < -0.39 is 0 Å². The molecule has 1 aliphatic carbocycles. The fraction of sp³-hybridized carbons (Fsp3) is 0. The Morgan fingerprint density at radius 2 is 0.962 bits per heavy atom. The Bertz CT molecular complexity index is 3570. The molecule has 9 aromatic carbocycles. The number of furan rings is 1. The highest BCUT2D eigenvalue weighted by Gasteiger charge is 2.26. The molecule has 0 N–H and O–H groups in total. The Balaban J connectivity index is 1.24. The predicted molar refractivity (Wildman–Crippen MR) is 222 cm³/mol. The van der Waals surface area contributed by atoms with Crippen molar-refractivity contribution in [2.75, 3.05) is 0 Å². The molecular formula is C50H28N2O. The van der Waals surface area contributed by atoms with Crippen LogP contribution in [0.25, 0.3) is 121 Å². The minimum Gasteiger partial charge on any atom is -0.454 e. The smallest absolute Gasteiger partial charge is 0.160 e. The zero-order valence-electron chi connectivity index (χ0n) is 28.5. The Kier molecular flexibility index (Phi) is 5.11. The zero-order chi connectivity index (χ0) is 34.4. The molecule has 0 saturated heterocycles. The quantitative estimate of drug-likeness (QED) is 0.179. The molecule has 3 heterocycles. The first kappa shape index (κ1) is 27.6. The van der Waals surface area contributed by atoms with E-state index in [1.807, 2.05) is 0 Å². The molecule has 0 unspecified atom stereocenters. The maximum Gasteiger partial charge on any atom is 0.160 e. The number of benzene rings is 9. The SMILES string of the molecule is c1ccc2cc(-n3c4ccccc4c4ccc5c6ccc7c8ccccc8oc7c6n(-c6ccc7c(c6)-c6cccc8cccc-7c68)c5c43)ccc2c1. The molecule has 12 aromatic rings. The summed E-state index contributed by atoms with van der Waals surface area (Å²) in [5, 5.41) is 12.2. The van der Waals surface area contributed by atoms with E-state index in [0.29, 0.717) is 0 Å². The van der Waals surface area contributed by atoms with Gasteiger partial charge in [-0.1, -0.05) is 127 Å². The molecule has 0 amide bonds. The van der Waals surface area contributed by atoms with E-state index >= 15 is 0 Å². The highest BCUT2D eigenvalue weighted by atomic mass is 16.3. The second kappa shape index (κ2) is 9.81. The van der Waals surface area contributed by atoms with E-state index in [1.165, 1.54) is 81.9 Å². The van der Waals surface area contributed by atoms with Gasteiger partial charge in [-0.3, -0.25) is 0 Å². The van der Waals surface area contributed by atoms with Gasteiger partial charge in [0.15, 0.2) is 5.58 Å². The average Bonchev–Trinajstić information content (AvgIpc) is 3.95. The maximum atomic E-state index is 6.85. The third-order valence-corrected chi connectivity index (χ3v) is 11.8. The lowest BCUT2D eigenvalue weighted by Crippen LogP contribution is -1.99. The van der Waals surface area contributed by atoms with Crippen molar-refractivity contribution in [3.05, 3.63) is 170 Å². The van der Waals surface area contributed by atoms with Crippen molar-refractivity contribution < 1.29 is 4.42 Å². The van der Waals surface area contributed by atoms with Crippen molar-refractivity contribution in [3.63, 3.8) is 0 Å². The molecule has 3 aromatic heterocycles. The second-order valence-electron chi connectivity index (χ2n) is 14.5. The summed E-state index contributed by atoms with van der Waals surface area (Å²) in [5.74, 6) is 0. The summed E-state index contributed by atoms with van der Waals surface area (Å²) in [6, 6.07) is 62.3. The van der Waals surface area contributed by atoms with Crippen molar-refractivity contribution in [3.8, 4) is 33.6 Å². The number of para-hydroxylation sites is 2. The Morgan fingerprint density at radius 1 is 0.340 bits per heavy atom. The normalized spacial score (nSPS) is 12.5. The molecule has 0 atom stereocenters. The molecular weight excluding hydrogens is 645 g/mol. The van der Waals surface area contributed by atoms with Gasteiger partial charge in [-0.2, -0.15) is 0 Å². The van der Waals surface area contributed by atoms with Crippen LogP contribution in [0, 0.1) is 0 Å². The first-order valence-electron chi connectivity index (χ1n) is 18.3. The van der Waals surface area contributed by atoms with E-state index in [1.54, 1.807) is 0 Å². The summed E-state index contributed by atoms with van der Waals surface area (Å²) >= 11 is 0. The lowest BCUT2D eigenvalue weighted by Gasteiger charge is -2.14. The molecule has 244 valence electrons. The first-order chi connectivity index (χ1) is 26.3. The van der Waals surface area contributed by atoms with E-state index in [9.17, 15) is 0 Å². The van der Waals surface area contributed by atoms with Crippen LogP contribution in [0.15, 0.2) is 174 Å². The van der Waals surface area contributed by atoms with Gasteiger partial charge in [0, 0.05) is 43.7 Å². The van der Waals surface area contributed by atoms with Crippen LogP contribution in [-0.2, 0) is 0 Å². The fourth-order valence-corrected chi connectivity index (χ4v) is 9.57. The van der Waals surface area contributed by atoms with E-state index in [4.69, 9.17) is 4.42 Å². The number of nitrogens with zero attached hydrogens (tertiary/aromatic N) is 2. The molecule has 13 rings (SSSR count). The highest BCUT2D eigenvalue weighted by molar-refractivity contribution is 6.28. The van der Waals surface area contributed by atoms with Gasteiger partial charge in [-0.05, 0) is 86.3 Å². The number of hydrogen-bond donors (Lipinski definition) is 0. The summed E-state index contributed by atoms with van der Waals surface area (Å²) in [6.07, 6.45) is 0. The third kappa shape index (κ3) is 3.49. The first-order valence-corrected chi connectivity index (χ1v) is 18.3. The van der Waals surface area contributed by atoms with Crippen LogP contribution in [-0.4, -0.2) is 9.13 Å². The van der Waals surface area contributed by atoms with Crippen molar-refractivity contribution in [2.24, 2.45) is 0 Å². The molecule has 0 saturated carbocycles. The van der Waals surface area contributed by atoms with Gasteiger partial charge in [0.05, 0.1) is 22.1 Å². The minimum atomic E-state index is 0.901. The van der Waals surface area contributed by atoms with Crippen LogP contribution in [0.3, 0.4) is 0 Å². The number of rotatable bonds is 2. The van der Waals surface area contributed by atoms with E-state index in [2.05, 4.69) is 179 Å². The van der Waals surface area contributed by atoms with Crippen LogP contribution in [0.4, 0.5) is 0 Å². The maximum absolute atomic E-state index is 6.85. The molecule has 3 nitrogen and oxygen atoms in total. The van der Waals surface area contributed by atoms with Crippen LogP contribution in [0.1, 0.15) is 0 Å². The Morgan fingerprint density at radius 3 is 1.83 bits per heavy atom. The molecule has 0 spiro atoms. The predicted octanol–water partition coefficient (Wildman–Crippen LogP) is 13.7. The summed E-state index contributed by atoms with van der Waals surface area (Å²) in [6.45, 7) is 0. The molecule has 0 radical (unpaired) electrons. The largest absolute Gasteiger partial charge is 0.454 e. The zero-order valence-corrected chi connectivity index (χ0v) is 28.5. The van der Waals surface area contributed by atoms with Gasteiger partial charge in [0.2, 0.25) is 0 Å². The Labute approximate surface area is 303 Å². The molecule has 53 heavy (non-hydrogen) atoms. The molecule has 0 bridgehead atoms. The standard InChI is InChI=1S/C50H28N2O/c1-2-10-31-27-32(20-19-29(31)9-1)51-44-17-5-3-13-35(44)39-23-24-40-41-25-26-42-36-14-4-6-18-45(36)53-50(42)49(41)52(48(40)47(39)51)33-21-22-34-37-15-7-11-30-12-8-16-38(46(30)37)43(34)28-33/h1-28H. The summed E-state index contributed by atoms with van der Waals surface area (Å²) in [4.78, 5) is 0. The monoisotopic (exact) mass is 672 g/mol. The van der Waals surface area contributed by atoms with E-state index in [-0.39, 0.29) is 0 Å². The number of fused-ring (bicyclic) bond motifs is 15. The number of aromatic nitrogens is 2. The molecule has 3 heteroatoms. The van der Waals surface area contributed by atoms with Gasteiger partial charge in [-0.25, -0.2) is 0 Å². The summed E-state index contributed by atoms with van der Waals surface area (Å²) in [7, 11) is 0. The van der Waals surface area contributed by atoms with Crippen molar-refractivity contribution in [1.82, 2.24) is 9.13 Å². The summed E-state index contributed by atoms with van der Waals surface area (Å²) in [5.41, 5.74) is 13.8. The minimum absolute atomic E-state index is 0.901. The van der Waals surface area contributed by atoms with Crippen LogP contribution in [0.2, 0.25) is 0 Å². The third-order valence-electron chi connectivity index (χ3n) is 11.8. The van der Waals surface area contributed by atoms with Crippen LogP contribution >= 0.6 is 0 Å². The molecule has 1 aliphatic rings. The van der Waals surface area contributed by atoms with Gasteiger partial charge < -0.3 is 13.6 Å². The lowest BCUT2D eigenvalue weighted by atomic mass is 10.0. The van der Waals surface area contributed by atoms with Crippen molar-refractivity contribution >= 4 is 87.1 Å². The second-order valence-corrected chi connectivity index (χ2v) is 14.5.